The van der Waals surface area contributed by atoms with Crippen molar-refractivity contribution >= 4 is 17.4 Å². The molecule has 0 spiro atoms. The van der Waals surface area contributed by atoms with Gasteiger partial charge in [0.2, 0.25) is 0 Å². The summed E-state index contributed by atoms with van der Waals surface area (Å²) in [4.78, 5) is 16.0. The number of nitrogens with two attached hydrogens (primary N) is 1. The van der Waals surface area contributed by atoms with Crippen molar-refractivity contribution < 1.29 is 9.53 Å². The minimum Gasteiger partial charge on any atom is -0.483 e. The smallest absolute Gasteiger partial charge is 0.262 e. The van der Waals surface area contributed by atoms with Gasteiger partial charge >= 0.3 is 0 Å². The van der Waals surface area contributed by atoms with Crippen LogP contribution in [0.3, 0.4) is 0 Å². The quantitative estimate of drug-likeness (QED) is 0.905. The number of amides is 1. The summed E-state index contributed by atoms with van der Waals surface area (Å²) in [7, 11) is 0. The van der Waals surface area contributed by atoms with E-state index in [0.29, 0.717) is 17.2 Å². The number of anilines is 2. The first-order chi connectivity index (χ1) is 9.97. The minimum atomic E-state index is -0.231. The first-order valence-corrected chi connectivity index (χ1v) is 6.69. The van der Waals surface area contributed by atoms with Gasteiger partial charge in [-0.05, 0) is 50.1 Å². The van der Waals surface area contributed by atoms with E-state index >= 15 is 0 Å². The molecular formula is C16H19N3O2. The van der Waals surface area contributed by atoms with Crippen LogP contribution in [0.15, 0.2) is 30.3 Å². The van der Waals surface area contributed by atoms with Crippen LogP contribution in [0.2, 0.25) is 0 Å². The third kappa shape index (κ3) is 3.72. The second kappa shape index (κ2) is 6.26. The number of pyridine rings is 1. The molecule has 0 aliphatic heterocycles. The molecule has 2 aromatic rings. The molecule has 0 bridgehead atoms. The molecule has 110 valence electrons. The van der Waals surface area contributed by atoms with E-state index in [9.17, 15) is 4.79 Å². The van der Waals surface area contributed by atoms with Crippen LogP contribution < -0.4 is 15.8 Å². The van der Waals surface area contributed by atoms with Gasteiger partial charge in [0.25, 0.3) is 5.91 Å². The van der Waals surface area contributed by atoms with E-state index in [2.05, 4.69) is 10.3 Å². The highest BCUT2D eigenvalue weighted by Crippen LogP contribution is 2.20. The van der Waals surface area contributed by atoms with Gasteiger partial charge in [-0.2, -0.15) is 0 Å². The molecule has 0 atom stereocenters. The fourth-order valence-corrected chi connectivity index (χ4v) is 1.92. The number of benzene rings is 1. The molecule has 1 heterocycles. The Morgan fingerprint density at radius 3 is 2.71 bits per heavy atom. The summed E-state index contributed by atoms with van der Waals surface area (Å²) in [6.45, 7) is 5.72. The van der Waals surface area contributed by atoms with E-state index in [-0.39, 0.29) is 12.5 Å². The topological polar surface area (TPSA) is 77.2 Å². The number of nitrogen functional groups attached to an aromatic ring is 1. The second-order valence-electron chi connectivity index (χ2n) is 4.90. The lowest BCUT2D eigenvalue weighted by Crippen LogP contribution is -2.21. The van der Waals surface area contributed by atoms with Gasteiger partial charge in [-0.25, -0.2) is 4.98 Å². The fourth-order valence-electron chi connectivity index (χ4n) is 1.92. The summed E-state index contributed by atoms with van der Waals surface area (Å²) < 4.78 is 5.56. The third-order valence-corrected chi connectivity index (χ3v) is 3.30. The molecule has 0 radical (unpaired) electrons. The zero-order chi connectivity index (χ0) is 15.4. The number of hydrogen-bond acceptors (Lipinski definition) is 4. The molecule has 0 aliphatic carbocycles. The average Bonchev–Trinajstić information content (AvgIpc) is 2.43. The number of rotatable bonds is 4. The van der Waals surface area contributed by atoms with Crippen LogP contribution in [0, 0.1) is 20.8 Å². The summed E-state index contributed by atoms with van der Waals surface area (Å²) in [5.74, 6) is 0.917. The zero-order valence-electron chi connectivity index (χ0n) is 12.4. The number of aryl methyl sites for hydroxylation is 2. The van der Waals surface area contributed by atoms with E-state index in [1.807, 2.05) is 32.0 Å². The monoisotopic (exact) mass is 285 g/mol. The summed E-state index contributed by atoms with van der Waals surface area (Å²) in [6, 6.07) is 9.14. The van der Waals surface area contributed by atoms with Gasteiger partial charge in [0.1, 0.15) is 11.6 Å². The Kier molecular flexibility index (Phi) is 4.42. The number of hydrogen-bond donors (Lipinski definition) is 2. The largest absolute Gasteiger partial charge is 0.483 e. The van der Waals surface area contributed by atoms with Crippen LogP contribution in [0.1, 0.15) is 16.8 Å². The Morgan fingerprint density at radius 1 is 1.24 bits per heavy atom. The van der Waals surface area contributed by atoms with Crippen molar-refractivity contribution in [3.63, 3.8) is 0 Å². The standard InChI is InChI=1S/C16H19N3O2/c1-10-5-4-6-14(11(10)2)21-9-16(20)19-13-7-8-15(17)18-12(13)3/h4-8H,9H2,1-3H3,(H2,17,18)(H,19,20). The van der Waals surface area contributed by atoms with Gasteiger partial charge in [-0.3, -0.25) is 4.79 Å². The van der Waals surface area contributed by atoms with Gasteiger partial charge < -0.3 is 15.8 Å². The van der Waals surface area contributed by atoms with Crippen LogP contribution in [0.25, 0.3) is 0 Å². The predicted molar refractivity (Wildman–Crippen MR) is 83.4 cm³/mol. The lowest BCUT2D eigenvalue weighted by atomic mass is 10.1. The van der Waals surface area contributed by atoms with Gasteiger partial charge in [0.15, 0.2) is 6.61 Å². The maximum absolute atomic E-state index is 11.9. The summed E-state index contributed by atoms with van der Waals surface area (Å²) in [5.41, 5.74) is 9.06. The van der Waals surface area contributed by atoms with Crippen molar-refractivity contribution in [3.05, 3.63) is 47.2 Å². The van der Waals surface area contributed by atoms with Gasteiger partial charge in [0.05, 0.1) is 11.4 Å². The van der Waals surface area contributed by atoms with Crippen LogP contribution in [0.5, 0.6) is 5.75 Å². The maximum Gasteiger partial charge on any atom is 0.262 e. The average molecular weight is 285 g/mol. The number of ether oxygens (including phenoxy) is 1. The van der Waals surface area contributed by atoms with E-state index in [4.69, 9.17) is 10.5 Å². The van der Waals surface area contributed by atoms with Crippen molar-refractivity contribution in [1.82, 2.24) is 4.98 Å². The van der Waals surface area contributed by atoms with E-state index < -0.39 is 0 Å². The Hall–Kier alpha value is -2.56. The lowest BCUT2D eigenvalue weighted by molar-refractivity contribution is -0.118. The maximum atomic E-state index is 11.9. The van der Waals surface area contributed by atoms with Crippen molar-refractivity contribution in [2.75, 3.05) is 17.7 Å². The van der Waals surface area contributed by atoms with E-state index in [1.165, 1.54) is 0 Å². The molecule has 1 aromatic carbocycles. The normalized spacial score (nSPS) is 10.2. The first kappa shape index (κ1) is 14.8. The van der Waals surface area contributed by atoms with Crippen molar-refractivity contribution in [2.24, 2.45) is 0 Å². The molecular weight excluding hydrogens is 266 g/mol. The Labute approximate surface area is 124 Å². The van der Waals surface area contributed by atoms with E-state index in [0.717, 1.165) is 16.9 Å². The molecule has 0 saturated heterocycles. The molecule has 21 heavy (non-hydrogen) atoms. The Bertz CT molecular complexity index is 669. The van der Waals surface area contributed by atoms with Crippen molar-refractivity contribution in [1.29, 1.82) is 0 Å². The SMILES string of the molecule is Cc1cccc(OCC(=O)Nc2ccc(N)nc2C)c1C. The van der Waals surface area contributed by atoms with Crippen LogP contribution in [-0.2, 0) is 4.79 Å². The molecule has 0 saturated carbocycles. The Morgan fingerprint density at radius 2 is 2.00 bits per heavy atom. The zero-order valence-corrected chi connectivity index (χ0v) is 12.4. The minimum absolute atomic E-state index is 0.0475. The third-order valence-electron chi connectivity index (χ3n) is 3.30. The van der Waals surface area contributed by atoms with Gasteiger partial charge in [-0.1, -0.05) is 12.1 Å². The highest BCUT2D eigenvalue weighted by Gasteiger charge is 2.08. The van der Waals surface area contributed by atoms with Crippen LogP contribution >= 0.6 is 0 Å². The lowest BCUT2D eigenvalue weighted by Gasteiger charge is -2.12. The van der Waals surface area contributed by atoms with Crippen molar-refractivity contribution in [3.8, 4) is 5.75 Å². The highest BCUT2D eigenvalue weighted by atomic mass is 16.5. The predicted octanol–water partition coefficient (Wildman–Crippen LogP) is 2.61. The second-order valence-corrected chi connectivity index (χ2v) is 4.90. The molecule has 0 fully saturated rings. The van der Waals surface area contributed by atoms with Gasteiger partial charge in [0, 0.05) is 0 Å². The molecule has 2 rings (SSSR count). The van der Waals surface area contributed by atoms with Gasteiger partial charge in [-0.15, -0.1) is 0 Å². The Balaban J connectivity index is 1.97. The molecule has 1 amide bonds. The number of carbonyl (C=O) groups excluding carboxylic acids is 1. The summed E-state index contributed by atoms with van der Waals surface area (Å²) in [6.07, 6.45) is 0. The molecule has 5 heteroatoms. The number of aromatic nitrogens is 1. The molecule has 1 aromatic heterocycles. The summed E-state index contributed by atoms with van der Waals surface area (Å²) >= 11 is 0. The van der Waals surface area contributed by atoms with E-state index in [1.54, 1.807) is 19.1 Å². The van der Waals surface area contributed by atoms with Crippen LogP contribution in [-0.4, -0.2) is 17.5 Å². The van der Waals surface area contributed by atoms with Crippen LogP contribution in [0.4, 0.5) is 11.5 Å². The van der Waals surface area contributed by atoms with Crippen molar-refractivity contribution in [2.45, 2.75) is 20.8 Å². The molecule has 5 nitrogen and oxygen atoms in total. The number of nitrogens with one attached hydrogen (secondary N) is 1. The number of nitrogens with zero attached hydrogens (tertiary/aromatic N) is 1. The number of carbonyl (C=O) groups is 1. The molecule has 3 N–H and O–H groups in total. The molecule has 0 unspecified atom stereocenters. The fraction of sp³-hybridized carbons (Fsp3) is 0.250. The summed E-state index contributed by atoms with van der Waals surface area (Å²) in [5, 5.41) is 2.76. The highest BCUT2D eigenvalue weighted by molar-refractivity contribution is 5.92. The first-order valence-electron chi connectivity index (χ1n) is 6.69. The molecule has 0 aliphatic rings.